The van der Waals surface area contributed by atoms with Crippen LogP contribution in [0.3, 0.4) is 0 Å². The van der Waals surface area contributed by atoms with Crippen molar-refractivity contribution in [3.8, 4) is 55.9 Å². The summed E-state index contributed by atoms with van der Waals surface area (Å²) in [6, 6.07) is 84.2. The van der Waals surface area contributed by atoms with Gasteiger partial charge < -0.3 is 9.13 Å². The van der Waals surface area contributed by atoms with Crippen LogP contribution in [-0.4, -0.2) is 9.13 Å². The second kappa shape index (κ2) is 13.9. The van der Waals surface area contributed by atoms with Crippen LogP contribution >= 0.6 is 0 Å². The lowest BCUT2D eigenvalue weighted by Gasteiger charge is -2.12. The third-order valence-electron chi connectivity index (χ3n) is 12.3. The van der Waals surface area contributed by atoms with Gasteiger partial charge in [0.15, 0.2) is 0 Å². The molecule has 0 N–H and O–H groups in total. The van der Waals surface area contributed by atoms with Crippen molar-refractivity contribution in [3.05, 3.63) is 231 Å². The Hall–Kier alpha value is -7.94. The van der Waals surface area contributed by atoms with Gasteiger partial charge in [0.25, 0.3) is 0 Å². The topological polar surface area (TPSA) is 9.86 Å². The van der Waals surface area contributed by atoms with Crippen molar-refractivity contribution in [2.24, 2.45) is 0 Å². The quantitative estimate of drug-likeness (QED) is 0.160. The molecular weight excluding hydrogens is 725 g/mol. The van der Waals surface area contributed by atoms with Gasteiger partial charge in [0, 0.05) is 32.9 Å². The third-order valence-corrected chi connectivity index (χ3v) is 12.3. The summed E-state index contributed by atoms with van der Waals surface area (Å²) in [5.41, 5.74) is 16.8. The summed E-state index contributed by atoms with van der Waals surface area (Å²) in [6.07, 6.45) is 0. The lowest BCUT2D eigenvalue weighted by atomic mass is 9.99. The highest BCUT2D eigenvalue weighted by atomic mass is 15.0. The van der Waals surface area contributed by atoms with Crippen molar-refractivity contribution < 1.29 is 0 Å². The van der Waals surface area contributed by atoms with E-state index in [9.17, 15) is 0 Å². The molecule has 0 aliphatic rings. The first-order chi connectivity index (χ1) is 29.7. The summed E-state index contributed by atoms with van der Waals surface area (Å²) in [6.45, 7) is 0. The van der Waals surface area contributed by atoms with Crippen LogP contribution in [0.2, 0.25) is 0 Å². The summed E-state index contributed by atoms with van der Waals surface area (Å²) in [5.74, 6) is 0. The maximum atomic E-state index is 2.42. The van der Waals surface area contributed by atoms with Crippen LogP contribution in [-0.2, 0) is 0 Å². The Bertz CT molecular complexity index is 3600. The van der Waals surface area contributed by atoms with Gasteiger partial charge in [-0.1, -0.05) is 158 Å². The molecule has 0 radical (unpaired) electrons. The number of nitrogens with zero attached hydrogens (tertiary/aromatic N) is 2. The second-order valence-electron chi connectivity index (χ2n) is 15.8. The van der Waals surface area contributed by atoms with Gasteiger partial charge in [0.2, 0.25) is 0 Å². The minimum Gasteiger partial charge on any atom is -0.309 e. The minimum atomic E-state index is 1.15. The number of aromatic nitrogens is 2. The lowest BCUT2D eigenvalue weighted by Crippen LogP contribution is -1.94. The fourth-order valence-electron chi connectivity index (χ4n) is 9.39. The lowest BCUT2D eigenvalue weighted by molar-refractivity contribution is 1.18. The fourth-order valence-corrected chi connectivity index (χ4v) is 9.39. The molecule has 280 valence electrons. The predicted molar refractivity (Wildman–Crippen MR) is 254 cm³/mol. The molecule has 2 heteroatoms. The number of hydrogen-bond acceptors (Lipinski definition) is 0. The Morgan fingerprint density at radius 1 is 0.200 bits per heavy atom. The van der Waals surface area contributed by atoms with Crippen LogP contribution in [0.25, 0.3) is 110 Å². The molecule has 0 saturated heterocycles. The smallest absolute Gasteiger partial charge is 0.0541 e. The van der Waals surface area contributed by atoms with Crippen molar-refractivity contribution in [1.29, 1.82) is 0 Å². The first-order valence-corrected chi connectivity index (χ1v) is 20.7. The molecule has 0 aliphatic carbocycles. The van der Waals surface area contributed by atoms with Crippen LogP contribution in [0, 0.1) is 0 Å². The largest absolute Gasteiger partial charge is 0.309 e. The van der Waals surface area contributed by atoms with Gasteiger partial charge in [-0.05, 0) is 128 Å². The fraction of sp³-hybridized carbons (Fsp3) is 0. The van der Waals surface area contributed by atoms with Crippen LogP contribution < -0.4 is 0 Å². The van der Waals surface area contributed by atoms with Gasteiger partial charge in [-0.25, -0.2) is 0 Å². The molecule has 0 saturated carbocycles. The van der Waals surface area contributed by atoms with E-state index in [1.165, 1.54) is 98.9 Å². The Balaban J connectivity index is 0.953. The van der Waals surface area contributed by atoms with E-state index in [0.717, 1.165) is 11.4 Å². The molecular formula is C58H38N2. The van der Waals surface area contributed by atoms with Gasteiger partial charge in [-0.3, -0.25) is 0 Å². The van der Waals surface area contributed by atoms with E-state index in [0.29, 0.717) is 0 Å². The Morgan fingerprint density at radius 2 is 0.600 bits per heavy atom. The summed E-state index contributed by atoms with van der Waals surface area (Å²) < 4.78 is 4.84. The average molecular weight is 763 g/mol. The molecule has 0 unspecified atom stereocenters. The minimum absolute atomic E-state index is 1.15. The van der Waals surface area contributed by atoms with Crippen molar-refractivity contribution in [3.63, 3.8) is 0 Å². The van der Waals surface area contributed by atoms with Gasteiger partial charge in [-0.15, -0.1) is 0 Å². The molecule has 2 heterocycles. The van der Waals surface area contributed by atoms with E-state index >= 15 is 0 Å². The van der Waals surface area contributed by atoms with Gasteiger partial charge in [0.05, 0.1) is 22.1 Å². The van der Waals surface area contributed by atoms with E-state index in [1.807, 2.05) is 0 Å². The molecule has 0 amide bonds. The van der Waals surface area contributed by atoms with Crippen molar-refractivity contribution in [2.45, 2.75) is 0 Å². The normalized spacial score (nSPS) is 11.7. The average Bonchev–Trinajstić information content (AvgIpc) is 3.84. The summed E-state index contributed by atoms with van der Waals surface area (Å²) in [4.78, 5) is 0. The van der Waals surface area contributed by atoms with E-state index in [2.05, 4.69) is 240 Å². The van der Waals surface area contributed by atoms with Crippen LogP contribution in [0.1, 0.15) is 0 Å². The molecule has 0 fully saturated rings. The van der Waals surface area contributed by atoms with Gasteiger partial charge in [0.1, 0.15) is 0 Å². The highest BCUT2D eigenvalue weighted by molar-refractivity contribution is 6.13. The number of hydrogen-bond donors (Lipinski definition) is 0. The first kappa shape index (κ1) is 34.1. The number of rotatable bonds is 6. The second-order valence-corrected chi connectivity index (χ2v) is 15.8. The molecule has 12 aromatic rings. The van der Waals surface area contributed by atoms with Crippen molar-refractivity contribution in [1.82, 2.24) is 9.13 Å². The molecule has 0 bridgehead atoms. The standard InChI is InChI=1S/C58H38N2/c1-2-13-39(14-3-1)42-17-10-18-43(33-42)44-19-11-21-49(35-44)59-55-25-8-6-23-51(55)53-37-47(29-31-57(53)59)48-30-32-58-54(38-48)52-24-7-9-26-56(52)60(58)50-22-12-20-45(36-50)46-28-27-40-15-4-5-16-41(40)34-46/h1-38H. The third kappa shape index (κ3) is 5.65. The molecule has 2 aromatic heterocycles. The van der Waals surface area contributed by atoms with Crippen LogP contribution in [0.4, 0.5) is 0 Å². The van der Waals surface area contributed by atoms with Gasteiger partial charge >= 0.3 is 0 Å². The zero-order valence-corrected chi connectivity index (χ0v) is 32.8. The van der Waals surface area contributed by atoms with E-state index in [4.69, 9.17) is 0 Å². The Morgan fingerprint density at radius 3 is 1.20 bits per heavy atom. The Labute approximate surface area is 348 Å². The maximum Gasteiger partial charge on any atom is 0.0541 e. The molecule has 12 rings (SSSR count). The molecule has 10 aromatic carbocycles. The number of fused-ring (bicyclic) bond motifs is 7. The monoisotopic (exact) mass is 762 g/mol. The predicted octanol–water partition coefficient (Wildman–Crippen LogP) is 15.7. The summed E-state index contributed by atoms with van der Waals surface area (Å²) in [5, 5.41) is 7.49. The summed E-state index contributed by atoms with van der Waals surface area (Å²) in [7, 11) is 0. The SMILES string of the molecule is c1ccc(-c2cccc(-c3cccc(-n4c5ccccc5c5cc(-c6ccc7c(c6)c6ccccc6n7-c6cccc(-c7ccc8ccccc8c7)c6)ccc54)c3)c2)cc1. The maximum absolute atomic E-state index is 2.42. The van der Waals surface area contributed by atoms with Crippen LogP contribution in [0.15, 0.2) is 231 Å². The Kier molecular flexibility index (Phi) is 7.89. The number of benzene rings is 10. The molecule has 0 spiro atoms. The zero-order valence-electron chi connectivity index (χ0n) is 32.8. The van der Waals surface area contributed by atoms with E-state index in [1.54, 1.807) is 0 Å². The van der Waals surface area contributed by atoms with Crippen molar-refractivity contribution >= 4 is 54.4 Å². The summed E-state index contributed by atoms with van der Waals surface area (Å²) >= 11 is 0. The van der Waals surface area contributed by atoms with E-state index in [-0.39, 0.29) is 0 Å². The highest BCUT2D eigenvalue weighted by Crippen LogP contribution is 2.39. The number of para-hydroxylation sites is 2. The van der Waals surface area contributed by atoms with Crippen LogP contribution in [0.5, 0.6) is 0 Å². The molecule has 0 atom stereocenters. The van der Waals surface area contributed by atoms with E-state index < -0.39 is 0 Å². The molecule has 2 nitrogen and oxygen atoms in total. The molecule has 0 aliphatic heterocycles. The van der Waals surface area contributed by atoms with Gasteiger partial charge in [-0.2, -0.15) is 0 Å². The first-order valence-electron chi connectivity index (χ1n) is 20.7. The van der Waals surface area contributed by atoms with Crippen molar-refractivity contribution in [2.75, 3.05) is 0 Å². The molecule has 60 heavy (non-hydrogen) atoms. The highest BCUT2D eigenvalue weighted by Gasteiger charge is 2.17. The zero-order chi connectivity index (χ0) is 39.6.